The van der Waals surface area contributed by atoms with Gasteiger partial charge in [-0.1, -0.05) is 13.8 Å². The Morgan fingerprint density at radius 3 is 2.08 bits per heavy atom. The fourth-order valence-corrected chi connectivity index (χ4v) is 3.91. The highest BCUT2D eigenvalue weighted by molar-refractivity contribution is 7.89. The minimum atomic E-state index is -3.79. The molecule has 148 valence electrons. The molecule has 1 aromatic rings. The number of methoxy groups -OCH3 is 2. The summed E-state index contributed by atoms with van der Waals surface area (Å²) in [5, 5.41) is 0. The second-order valence-corrected chi connectivity index (χ2v) is 7.45. The van der Waals surface area contributed by atoms with E-state index in [2.05, 4.69) is 0 Å². The van der Waals surface area contributed by atoms with Crippen molar-refractivity contribution < 1.29 is 27.1 Å². The first-order valence-corrected chi connectivity index (χ1v) is 9.84. The molecule has 0 N–H and O–H groups in total. The molecule has 0 bridgehead atoms. The average Bonchev–Trinajstić information content (AvgIpc) is 2.62. The molecule has 1 rings (SSSR count). The van der Waals surface area contributed by atoms with Gasteiger partial charge in [-0.3, -0.25) is 4.79 Å². The Hall–Kier alpha value is -1.55. The van der Waals surface area contributed by atoms with Crippen LogP contribution < -0.4 is 0 Å². The van der Waals surface area contributed by atoms with E-state index in [1.165, 1.54) is 29.5 Å². The Labute approximate surface area is 154 Å². The molecule has 26 heavy (non-hydrogen) atoms. The van der Waals surface area contributed by atoms with Crippen LogP contribution in [0.2, 0.25) is 0 Å². The molecule has 0 aromatic heterocycles. The van der Waals surface area contributed by atoms with E-state index in [-0.39, 0.29) is 49.9 Å². The summed E-state index contributed by atoms with van der Waals surface area (Å²) in [6.07, 6.45) is 0. The van der Waals surface area contributed by atoms with Gasteiger partial charge in [-0.15, -0.1) is 0 Å². The normalized spacial score (nSPS) is 11.8. The van der Waals surface area contributed by atoms with Crippen LogP contribution in [0, 0.1) is 5.82 Å². The zero-order valence-corrected chi connectivity index (χ0v) is 16.5. The second kappa shape index (κ2) is 10.6. The molecule has 0 radical (unpaired) electrons. The van der Waals surface area contributed by atoms with Crippen LogP contribution in [0.25, 0.3) is 0 Å². The van der Waals surface area contributed by atoms with E-state index in [4.69, 9.17) is 9.47 Å². The van der Waals surface area contributed by atoms with Gasteiger partial charge in [-0.25, -0.2) is 12.8 Å². The highest BCUT2D eigenvalue weighted by Crippen LogP contribution is 2.20. The predicted molar refractivity (Wildman–Crippen MR) is 96.2 cm³/mol. The Balaban J connectivity index is 3.24. The van der Waals surface area contributed by atoms with Gasteiger partial charge in [0, 0.05) is 40.4 Å². The molecule has 0 aliphatic rings. The maximum atomic E-state index is 14.3. The standard InChI is InChI=1S/C17H27FN2O5S/c1-5-20(6-2)26(22,23)14-7-8-16(18)15(13-14)17(21)19(9-11-24-3)10-12-25-4/h7-8,13H,5-6,9-12H2,1-4H3. The summed E-state index contributed by atoms with van der Waals surface area (Å²) in [6.45, 7) is 5.03. The molecular formula is C17H27FN2O5S. The topological polar surface area (TPSA) is 76.2 Å². The van der Waals surface area contributed by atoms with Crippen LogP contribution in [0.15, 0.2) is 23.1 Å². The molecule has 1 amide bonds. The molecule has 1 aromatic carbocycles. The zero-order chi connectivity index (χ0) is 19.7. The lowest BCUT2D eigenvalue weighted by molar-refractivity contribution is 0.0622. The van der Waals surface area contributed by atoms with Gasteiger partial charge >= 0.3 is 0 Å². The zero-order valence-electron chi connectivity index (χ0n) is 15.7. The average molecular weight is 390 g/mol. The van der Waals surface area contributed by atoms with Crippen molar-refractivity contribution >= 4 is 15.9 Å². The molecule has 0 saturated carbocycles. The van der Waals surface area contributed by atoms with E-state index in [0.29, 0.717) is 0 Å². The van der Waals surface area contributed by atoms with Crippen LogP contribution in [-0.4, -0.2) is 77.1 Å². The van der Waals surface area contributed by atoms with E-state index in [1.807, 2.05) is 0 Å². The third-order valence-corrected chi connectivity index (χ3v) is 5.98. The lowest BCUT2D eigenvalue weighted by Crippen LogP contribution is -2.37. The molecular weight excluding hydrogens is 363 g/mol. The minimum absolute atomic E-state index is 0.107. The third-order valence-electron chi connectivity index (χ3n) is 3.93. The number of nitrogens with zero attached hydrogens (tertiary/aromatic N) is 2. The number of rotatable bonds is 11. The van der Waals surface area contributed by atoms with Gasteiger partial charge in [0.1, 0.15) is 5.82 Å². The predicted octanol–water partition coefficient (Wildman–Crippen LogP) is 1.59. The van der Waals surface area contributed by atoms with Gasteiger partial charge in [0.15, 0.2) is 0 Å². The molecule has 9 heteroatoms. The van der Waals surface area contributed by atoms with E-state index in [0.717, 1.165) is 12.1 Å². The van der Waals surface area contributed by atoms with E-state index >= 15 is 0 Å². The number of ether oxygens (including phenoxy) is 2. The number of benzene rings is 1. The smallest absolute Gasteiger partial charge is 0.257 e. The van der Waals surface area contributed by atoms with Crippen LogP contribution in [0.3, 0.4) is 0 Å². The van der Waals surface area contributed by atoms with Crippen LogP contribution in [-0.2, 0) is 19.5 Å². The summed E-state index contributed by atoms with van der Waals surface area (Å²) in [4.78, 5) is 14.0. The maximum Gasteiger partial charge on any atom is 0.257 e. The van der Waals surface area contributed by atoms with Crippen LogP contribution in [0.5, 0.6) is 0 Å². The van der Waals surface area contributed by atoms with Gasteiger partial charge in [0.05, 0.1) is 23.7 Å². The Morgan fingerprint density at radius 2 is 1.62 bits per heavy atom. The van der Waals surface area contributed by atoms with Gasteiger partial charge in [-0.05, 0) is 18.2 Å². The Morgan fingerprint density at radius 1 is 1.08 bits per heavy atom. The quantitative estimate of drug-likeness (QED) is 0.574. The number of halogens is 1. The lowest BCUT2D eigenvalue weighted by atomic mass is 10.2. The minimum Gasteiger partial charge on any atom is -0.383 e. The van der Waals surface area contributed by atoms with Crippen molar-refractivity contribution in [3.8, 4) is 0 Å². The number of carbonyl (C=O) groups excluding carboxylic acids is 1. The SMILES string of the molecule is CCN(CC)S(=O)(=O)c1ccc(F)c(C(=O)N(CCOC)CCOC)c1. The molecule has 0 fully saturated rings. The number of sulfonamides is 1. The van der Waals surface area contributed by atoms with E-state index in [9.17, 15) is 17.6 Å². The van der Waals surface area contributed by atoms with Crippen LogP contribution in [0.4, 0.5) is 4.39 Å². The summed E-state index contributed by atoms with van der Waals surface area (Å²) in [6, 6.07) is 3.28. The van der Waals surface area contributed by atoms with Gasteiger partial charge in [0.25, 0.3) is 5.91 Å². The van der Waals surface area contributed by atoms with Crippen molar-refractivity contribution in [2.75, 3.05) is 53.6 Å². The molecule has 0 heterocycles. The summed E-state index contributed by atoms with van der Waals surface area (Å²) >= 11 is 0. The van der Waals surface area contributed by atoms with E-state index < -0.39 is 21.7 Å². The maximum absolute atomic E-state index is 14.3. The fourth-order valence-electron chi connectivity index (χ4n) is 2.43. The number of carbonyl (C=O) groups is 1. The van der Waals surface area contributed by atoms with Crippen LogP contribution in [0.1, 0.15) is 24.2 Å². The molecule has 0 atom stereocenters. The van der Waals surface area contributed by atoms with Crippen molar-refractivity contribution in [3.05, 3.63) is 29.6 Å². The third kappa shape index (κ3) is 5.47. The Kier molecular flexibility index (Phi) is 9.14. The monoisotopic (exact) mass is 390 g/mol. The van der Waals surface area contributed by atoms with E-state index in [1.54, 1.807) is 13.8 Å². The first kappa shape index (κ1) is 22.5. The van der Waals surface area contributed by atoms with Gasteiger partial charge in [0.2, 0.25) is 10.0 Å². The molecule has 0 unspecified atom stereocenters. The van der Waals surface area contributed by atoms with Gasteiger partial charge < -0.3 is 14.4 Å². The Bertz CT molecular complexity index is 684. The summed E-state index contributed by atoms with van der Waals surface area (Å²) in [5.74, 6) is -1.37. The first-order valence-electron chi connectivity index (χ1n) is 8.40. The number of hydrogen-bond donors (Lipinski definition) is 0. The summed E-state index contributed by atoms with van der Waals surface area (Å²) < 4.78 is 50.7. The number of hydrogen-bond acceptors (Lipinski definition) is 5. The molecule has 0 aliphatic carbocycles. The summed E-state index contributed by atoms with van der Waals surface area (Å²) in [7, 11) is -0.793. The largest absolute Gasteiger partial charge is 0.383 e. The second-order valence-electron chi connectivity index (χ2n) is 5.51. The molecule has 0 saturated heterocycles. The van der Waals surface area contributed by atoms with Crippen molar-refractivity contribution in [2.24, 2.45) is 0 Å². The van der Waals surface area contributed by atoms with Crippen molar-refractivity contribution in [1.82, 2.24) is 9.21 Å². The molecule has 0 aliphatic heterocycles. The molecule has 0 spiro atoms. The highest BCUT2D eigenvalue weighted by atomic mass is 32.2. The first-order chi connectivity index (χ1) is 12.3. The van der Waals surface area contributed by atoms with Crippen molar-refractivity contribution in [2.45, 2.75) is 18.7 Å². The van der Waals surface area contributed by atoms with Crippen molar-refractivity contribution in [3.63, 3.8) is 0 Å². The number of amides is 1. The van der Waals surface area contributed by atoms with Crippen LogP contribution >= 0.6 is 0 Å². The highest BCUT2D eigenvalue weighted by Gasteiger charge is 2.26. The molecule has 7 nitrogen and oxygen atoms in total. The lowest BCUT2D eigenvalue weighted by Gasteiger charge is -2.23. The fraction of sp³-hybridized carbons (Fsp3) is 0.588. The van der Waals surface area contributed by atoms with Gasteiger partial charge in [-0.2, -0.15) is 4.31 Å². The summed E-state index contributed by atoms with van der Waals surface area (Å²) in [5.41, 5.74) is -0.287. The van der Waals surface area contributed by atoms with Crippen molar-refractivity contribution in [1.29, 1.82) is 0 Å².